The molecule has 38 heavy (non-hydrogen) atoms. The SMILES string of the molecule is CCCCCC1CCC(c2ccc(COC(F)(F)C(F)c3ccc(C4CCC(C)CC4)cc3)cc2F)CC1. The average molecular weight is 533 g/mol. The minimum Gasteiger partial charge on any atom is -0.313 e. The van der Waals surface area contributed by atoms with Crippen LogP contribution in [0.3, 0.4) is 0 Å². The molecule has 0 heterocycles. The number of halogens is 4. The Balaban J connectivity index is 1.29. The lowest BCUT2D eigenvalue weighted by atomic mass is 9.77. The predicted octanol–water partition coefficient (Wildman–Crippen LogP) is 10.8. The van der Waals surface area contributed by atoms with E-state index in [9.17, 15) is 17.6 Å². The van der Waals surface area contributed by atoms with Crippen molar-refractivity contribution in [3.63, 3.8) is 0 Å². The number of benzene rings is 2. The Bertz CT molecular complexity index is 989. The number of ether oxygens (including phenoxy) is 1. The van der Waals surface area contributed by atoms with Gasteiger partial charge >= 0.3 is 6.11 Å². The first kappa shape index (κ1) is 29.1. The molecule has 5 heteroatoms. The molecule has 4 rings (SSSR count). The summed E-state index contributed by atoms with van der Waals surface area (Å²) in [5.74, 6) is 1.66. The van der Waals surface area contributed by atoms with Gasteiger partial charge in [0.1, 0.15) is 5.82 Å². The van der Waals surface area contributed by atoms with E-state index in [4.69, 9.17) is 4.74 Å². The number of hydrogen-bond acceptors (Lipinski definition) is 1. The first-order valence-electron chi connectivity index (χ1n) is 14.8. The Labute approximate surface area is 226 Å². The van der Waals surface area contributed by atoms with Crippen LogP contribution in [-0.4, -0.2) is 6.11 Å². The van der Waals surface area contributed by atoms with Gasteiger partial charge in [-0.3, -0.25) is 0 Å². The topological polar surface area (TPSA) is 9.23 Å². The predicted molar refractivity (Wildman–Crippen MR) is 146 cm³/mol. The molecule has 0 aliphatic heterocycles. The van der Waals surface area contributed by atoms with E-state index in [1.54, 1.807) is 24.3 Å². The maximum atomic E-state index is 14.9. The second kappa shape index (κ2) is 13.5. The molecule has 2 aliphatic carbocycles. The van der Waals surface area contributed by atoms with Crippen LogP contribution in [0.15, 0.2) is 42.5 Å². The fraction of sp³-hybridized carbons (Fsp3) is 0.636. The molecule has 210 valence electrons. The summed E-state index contributed by atoms with van der Waals surface area (Å²) in [6, 6.07) is 11.0. The van der Waals surface area contributed by atoms with E-state index in [0.717, 1.165) is 68.8 Å². The quantitative estimate of drug-likeness (QED) is 0.207. The number of rotatable bonds is 11. The zero-order valence-corrected chi connectivity index (χ0v) is 23.0. The lowest BCUT2D eigenvalue weighted by Crippen LogP contribution is -2.27. The summed E-state index contributed by atoms with van der Waals surface area (Å²) < 4.78 is 63.7. The van der Waals surface area contributed by atoms with Gasteiger partial charge in [0.15, 0.2) is 0 Å². The molecule has 1 unspecified atom stereocenters. The molecule has 2 aromatic rings. The lowest BCUT2D eigenvalue weighted by molar-refractivity contribution is -0.282. The second-order valence-corrected chi connectivity index (χ2v) is 11.9. The van der Waals surface area contributed by atoms with Crippen molar-refractivity contribution in [1.29, 1.82) is 0 Å². The van der Waals surface area contributed by atoms with Crippen LogP contribution in [0.4, 0.5) is 17.6 Å². The summed E-state index contributed by atoms with van der Waals surface area (Å²) in [7, 11) is 0. The molecule has 2 aromatic carbocycles. The Morgan fingerprint density at radius 3 is 2.16 bits per heavy atom. The molecule has 0 saturated heterocycles. The minimum atomic E-state index is -4.01. The van der Waals surface area contributed by atoms with Gasteiger partial charge < -0.3 is 4.74 Å². The molecule has 0 bridgehead atoms. The minimum absolute atomic E-state index is 0.102. The van der Waals surface area contributed by atoms with Crippen LogP contribution >= 0.6 is 0 Å². The summed E-state index contributed by atoms with van der Waals surface area (Å²) in [5, 5.41) is 0. The summed E-state index contributed by atoms with van der Waals surface area (Å²) in [6.07, 6.45) is 7.06. The van der Waals surface area contributed by atoms with Crippen molar-refractivity contribution in [1.82, 2.24) is 0 Å². The Hall–Kier alpha value is -1.88. The van der Waals surface area contributed by atoms with Gasteiger partial charge in [-0.05, 0) is 90.5 Å². The van der Waals surface area contributed by atoms with Gasteiger partial charge in [0.2, 0.25) is 6.17 Å². The van der Waals surface area contributed by atoms with Gasteiger partial charge in [-0.15, -0.1) is 0 Å². The molecule has 1 nitrogen and oxygen atoms in total. The van der Waals surface area contributed by atoms with Crippen LogP contribution in [0.25, 0.3) is 0 Å². The van der Waals surface area contributed by atoms with Crippen LogP contribution in [-0.2, 0) is 11.3 Å². The van der Waals surface area contributed by atoms with E-state index < -0.39 is 18.9 Å². The van der Waals surface area contributed by atoms with E-state index in [1.807, 2.05) is 0 Å². The first-order valence-corrected chi connectivity index (χ1v) is 14.8. The van der Waals surface area contributed by atoms with E-state index in [0.29, 0.717) is 11.5 Å². The van der Waals surface area contributed by atoms with Crippen molar-refractivity contribution in [2.45, 2.75) is 122 Å². The van der Waals surface area contributed by atoms with E-state index >= 15 is 0 Å². The first-order chi connectivity index (χ1) is 18.3. The highest BCUT2D eigenvalue weighted by atomic mass is 19.3. The largest absolute Gasteiger partial charge is 0.391 e. The summed E-state index contributed by atoms with van der Waals surface area (Å²) in [4.78, 5) is 0. The van der Waals surface area contributed by atoms with E-state index in [1.165, 1.54) is 43.9 Å². The third-order valence-electron chi connectivity index (χ3n) is 9.01. The van der Waals surface area contributed by atoms with E-state index in [-0.39, 0.29) is 22.9 Å². The Kier molecular flexibility index (Phi) is 10.3. The van der Waals surface area contributed by atoms with Crippen molar-refractivity contribution in [2.75, 3.05) is 0 Å². The Morgan fingerprint density at radius 1 is 0.868 bits per heavy atom. The third kappa shape index (κ3) is 7.61. The number of hydrogen-bond donors (Lipinski definition) is 0. The van der Waals surface area contributed by atoms with Gasteiger partial charge in [0.25, 0.3) is 0 Å². The highest BCUT2D eigenvalue weighted by Crippen LogP contribution is 2.41. The number of alkyl halides is 3. The molecule has 0 radical (unpaired) electrons. The van der Waals surface area contributed by atoms with Gasteiger partial charge in [-0.1, -0.05) is 88.8 Å². The average Bonchev–Trinajstić information content (AvgIpc) is 2.93. The maximum Gasteiger partial charge on any atom is 0.391 e. The molecule has 0 amide bonds. The molecule has 2 saturated carbocycles. The zero-order valence-electron chi connectivity index (χ0n) is 23.0. The van der Waals surface area contributed by atoms with Crippen LogP contribution < -0.4 is 0 Å². The second-order valence-electron chi connectivity index (χ2n) is 11.9. The van der Waals surface area contributed by atoms with Crippen LogP contribution in [0.5, 0.6) is 0 Å². The fourth-order valence-corrected chi connectivity index (χ4v) is 6.41. The fourth-order valence-electron chi connectivity index (χ4n) is 6.41. The van der Waals surface area contributed by atoms with Gasteiger partial charge in [-0.2, -0.15) is 8.78 Å². The van der Waals surface area contributed by atoms with Crippen molar-refractivity contribution in [3.8, 4) is 0 Å². The third-order valence-corrected chi connectivity index (χ3v) is 9.01. The van der Waals surface area contributed by atoms with Crippen molar-refractivity contribution in [3.05, 3.63) is 70.5 Å². The normalized spacial score (nSPS) is 25.3. The molecule has 0 spiro atoms. The van der Waals surface area contributed by atoms with Gasteiger partial charge in [0.05, 0.1) is 6.61 Å². The molecular weight excluding hydrogens is 488 g/mol. The van der Waals surface area contributed by atoms with Crippen LogP contribution in [0, 0.1) is 17.7 Å². The van der Waals surface area contributed by atoms with E-state index in [2.05, 4.69) is 13.8 Å². The number of unbranched alkanes of at least 4 members (excludes halogenated alkanes) is 2. The molecular formula is C33H44F4O. The highest BCUT2D eigenvalue weighted by molar-refractivity contribution is 5.29. The van der Waals surface area contributed by atoms with Crippen LogP contribution in [0.2, 0.25) is 0 Å². The molecule has 2 fully saturated rings. The smallest absolute Gasteiger partial charge is 0.313 e. The van der Waals surface area contributed by atoms with Crippen LogP contribution in [0.1, 0.15) is 131 Å². The molecule has 0 N–H and O–H groups in total. The van der Waals surface area contributed by atoms with Crippen molar-refractivity contribution >= 4 is 0 Å². The lowest BCUT2D eigenvalue weighted by Gasteiger charge is -2.29. The van der Waals surface area contributed by atoms with Crippen molar-refractivity contribution in [2.24, 2.45) is 11.8 Å². The summed E-state index contributed by atoms with van der Waals surface area (Å²) in [6.45, 7) is 3.91. The van der Waals surface area contributed by atoms with Crippen molar-refractivity contribution < 1.29 is 22.3 Å². The zero-order chi connectivity index (χ0) is 27.1. The summed E-state index contributed by atoms with van der Waals surface area (Å²) in [5.41, 5.74) is 1.92. The molecule has 0 aromatic heterocycles. The van der Waals surface area contributed by atoms with Gasteiger partial charge in [-0.25, -0.2) is 8.78 Å². The standard InChI is InChI=1S/C33H44F4O/c1-3-4-5-6-24-9-14-28(15-10-24)30-20-11-25(21-31(30)34)22-38-33(36,37)32(35)29-18-16-27(17-19-29)26-12-7-23(2)8-13-26/h11,16-21,23-24,26,28,32H,3-10,12-15,22H2,1-2H3. The molecule has 1 atom stereocenters. The molecule has 2 aliphatic rings. The monoisotopic (exact) mass is 532 g/mol. The van der Waals surface area contributed by atoms with Gasteiger partial charge in [0, 0.05) is 0 Å². The highest BCUT2D eigenvalue weighted by Gasteiger charge is 2.43. The summed E-state index contributed by atoms with van der Waals surface area (Å²) >= 11 is 0. The Morgan fingerprint density at radius 2 is 1.53 bits per heavy atom. The maximum absolute atomic E-state index is 14.9.